The van der Waals surface area contributed by atoms with Crippen molar-refractivity contribution in [2.45, 2.75) is 19.0 Å². The van der Waals surface area contributed by atoms with Crippen LogP contribution in [0.3, 0.4) is 0 Å². The highest BCUT2D eigenvalue weighted by Crippen LogP contribution is 2.33. The molecule has 4 aliphatic rings. The fourth-order valence-corrected chi connectivity index (χ4v) is 4.65. The number of piperazine rings is 1. The molecule has 1 fully saturated rings. The van der Waals surface area contributed by atoms with E-state index in [0.717, 1.165) is 36.7 Å². The number of hydrogen-bond acceptors (Lipinski definition) is 9. The number of aliphatic imine (C=N–C) groups is 1. The molecular formula is C25H27N5O6. The van der Waals surface area contributed by atoms with Gasteiger partial charge in [-0.25, -0.2) is 4.99 Å². The van der Waals surface area contributed by atoms with Crippen molar-refractivity contribution in [1.82, 2.24) is 15.1 Å². The van der Waals surface area contributed by atoms with E-state index in [1.54, 1.807) is 18.2 Å². The Kier molecular flexibility index (Phi) is 5.98. The summed E-state index contributed by atoms with van der Waals surface area (Å²) in [6, 6.07) is 10.4. The lowest BCUT2D eigenvalue weighted by Gasteiger charge is -2.37. The quantitative estimate of drug-likeness (QED) is 0.653. The standard InChI is InChI=1S/C25H27N5O6/c31-23-13-18(24(32)26-17-2-4-19-22(12-17)34-10-9-33-19)27-25(28-23)30-7-5-29(6-8-30)14-16-1-3-20-21(11-16)36-15-35-20/h1-4,11-12,18H,5-10,13-15H2,(H,26,32)(H,27,28,31). The molecule has 2 aromatic carbocycles. The monoisotopic (exact) mass is 493 g/mol. The molecule has 0 aromatic heterocycles. The number of benzene rings is 2. The summed E-state index contributed by atoms with van der Waals surface area (Å²) < 4.78 is 22.0. The van der Waals surface area contributed by atoms with E-state index in [-0.39, 0.29) is 25.0 Å². The van der Waals surface area contributed by atoms with Gasteiger partial charge in [-0.15, -0.1) is 0 Å². The van der Waals surface area contributed by atoms with Crippen LogP contribution in [0.15, 0.2) is 41.4 Å². The summed E-state index contributed by atoms with van der Waals surface area (Å²) in [7, 11) is 0. The van der Waals surface area contributed by atoms with E-state index in [2.05, 4.69) is 26.6 Å². The van der Waals surface area contributed by atoms with E-state index in [4.69, 9.17) is 18.9 Å². The first-order valence-corrected chi connectivity index (χ1v) is 12.0. The van der Waals surface area contributed by atoms with Gasteiger partial charge in [0.15, 0.2) is 23.0 Å². The van der Waals surface area contributed by atoms with Crippen LogP contribution in [0.1, 0.15) is 12.0 Å². The second kappa shape index (κ2) is 9.57. The highest BCUT2D eigenvalue weighted by molar-refractivity contribution is 6.06. The van der Waals surface area contributed by atoms with E-state index in [9.17, 15) is 9.59 Å². The number of hydrogen-bond donors (Lipinski definition) is 2. The van der Waals surface area contributed by atoms with Gasteiger partial charge < -0.3 is 29.2 Å². The van der Waals surface area contributed by atoms with E-state index in [1.165, 1.54) is 0 Å². The van der Waals surface area contributed by atoms with Crippen molar-refractivity contribution >= 4 is 23.5 Å². The highest BCUT2D eigenvalue weighted by Gasteiger charge is 2.31. The third-order valence-corrected chi connectivity index (χ3v) is 6.54. The minimum Gasteiger partial charge on any atom is -0.486 e. The molecule has 36 heavy (non-hydrogen) atoms. The molecule has 0 spiro atoms. The predicted molar refractivity (Wildman–Crippen MR) is 129 cm³/mol. The highest BCUT2D eigenvalue weighted by atomic mass is 16.7. The van der Waals surface area contributed by atoms with Crippen LogP contribution in [0.2, 0.25) is 0 Å². The van der Waals surface area contributed by atoms with Crippen molar-refractivity contribution in [3.63, 3.8) is 0 Å². The Morgan fingerprint density at radius 2 is 1.67 bits per heavy atom. The van der Waals surface area contributed by atoms with Crippen LogP contribution >= 0.6 is 0 Å². The number of fused-ring (bicyclic) bond motifs is 2. The maximum Gasteiger partial charge on any atom is 0.249 e. The molecular weight excluding hydrogens is 466 g/mol. The molecule has 0 aliphatic carbocycles. The van der Waals surface area contributed by atoms with Crippen LogP contribution in [0, 0.1) is 0 Å². The molecule has 0 saturated carbocycles. The van der Waals surface area contributed by atoms with Crippen molar-refractivity contribution < 1.29 is 28.5 Å². The minimum absolute atomic E-state index is 0.00393. The molecule has 6 rings (SSSR count). The van der Waals surface area contributed by atoms with Gasteiger partial charge in [-0.2, -0.15) is 0 Å². The van der Waals surface area contributed by atoms with Gasteiger partial charge in [0.25, 0.3) is 0 Å². The number of ether oxygens (including phenoxy) is 4. The molecule has 1 saturated heterocycles. The van der Waals surface area contributed by atoms with Gasteiger partial charge in [0.05, 0.1) is 6.42 Å². The molecule has 11 heteroatoms. The maximum atomic E-state index is 12.9. The van der Waals surface area contributed by atoms with Crippen LogP contribution in [0.4, 0.5) is 5.69 Å². The Morgan fingerprint density at radius 1 is 0.944 bits per heavy atom. The Morgan fingerprint density at radius 3 is 2.53 bits per heavy atom. The lowest BCUT2D eigenvalue weighted by atomic mass is 10.1. The van der Waals surface area contributed by atoms with Gasteiger partial charge in [-0.1, -0.05) is 6.07 Å². The molecule has 1 atom stereocenters. The summed E-state index contributed by atoms with van der Waals surface area (Å²) in [5.41, 5.74) is 1.73. The number of nitrogens with zero attached hydrogens (tertiary/aromatic N) is 3. The number of carbonyl (C=O) groups is 2. The summed E-state index contributed by atoms with van der Waals surface area (Å²) in [6.07, 6.45) is 0.00393. The van der Waals surface area contributed by atoms with Crippen LogP contribution in [0.25, 0.3) is 0 Å². The lowest BCUT2D eigenvalue weighted by molar-refractivity contribution is -0.125. The number of rotatable bonds is 4. The third kappa shape index (κ3) is 4.74. The molecule has 0 radical (unpaired) electrons. The topological polar surface area (TPSA) is 114 Å². The Bertz CT molecular complexity index is 1210. The average molecular weight is 494 g/mol. The van der Waals surface area contributed by atoms with Crippen molar-refractivity contribution in [3.05, 3.63) is 42.0 Å². The number of amides is 2. The summed E-state index contributed by atoms with van der Waals surface area (Å²) >= 11 is 0. The molecule has 0 bridgehead atoms. The normalized spacial score (nSPS) is 21.0. The largest absolute Gasteiger partial charge is 0.486 e. The Hall–Kier alpha value is -3.99. The Balaban J connectivity index is 1.06. The zero-order valence-electron chi connectivity index (χ0n) is 19.7. The minimum atomic E-state index is -0.798. The predicted octanol–water partition coefficient (Wildman–Crippen LogP) is 1.19. The first-order chi connectivity index (χ1) is 17.6. The number of guanidine groups is 1. The lowest BCUT2D eigenvalue weighted by Crippen LogP contribution is -2.56. The van der Waals surface area contributed by atoms with Crippen molar-refractivity contribution in [2.75, 3.05) is 51.5 Å². The summed E-state index contributed by atoms with van der Waals surface area (Å²) in [5.74, 6) is 2.70. The summed E-state index contributed by atoms with van der Waals surface area (Å²) in [5, 5.41) is 5.69. The van der Waals surface area contributed by atoms with Crippen LogP contribution in [0.5, 0.6) is 23.0 Å². The fourth-order valence-electron chi connectivity index (χ4n) is 4.65. The van der Waals surface area contributed by atoms with Gasteiger partial charge in [0.2, 0.25) is 24.6 Å². The molecule has 4 aliphatic heterocycles. The SMILES string of the molecule is O=C1CC(C(=O)Nc2ccc3c(c2)OCCO3)N=C(N2CCN(Cc3ccc4c(c3)OCO4)CC2)N1. The molecule has 188 valence electrons. The van der Waals surface area contributed by atoms with Gasteiger partial charge in [-0.05, 0) is 29.8 Å². The van der Waals surface area contributed by atoms with Crippen molar-refractivity contribution in [3.8, 4) is 23.0 Å². The van der Waals surface area contributed by atoms with E-state index in [1.807, 2.05) is 17.0 Å². The van der Waals surface area contributed by atoms with Gasteiger partial charge in [0, 0.05) is 44.5 Å². The maximum absolute atomic E-state index is 12.9. The van der Waals surface area contributed by atoms with Crippen LogP contribution in [-0.2, 0) is 16.1 Å². The zero-order valence-corrected chi connectivity index (χ0v) is 19.7. The third-order valence-electron chi connectivity index (χ3n) is 6.54. The molecule has 11 nitrogen and oxygen atoms in total. The van der Waals surface area contributed by atoms with Gasteiger partial charge in [-0.3, -0.25) is 19.8 Å². The van der Waals surface area contributed by atoms with Gasteiger partial charge >= 0.3 is 0 Å². The molecule has 4 heterocycles. The van der Waals surface area contributed by atoms with Crippen LogP contribution < -0.4 is 29.6 Å². The second-order valence-corrected chi connectivity index (χ2v) is 9.02. The van der Waals surface area contributed by atoms with Crippen molar-refractivity contribution in [2.24, 2.45) is 4.99 Å². The van der Waals surface area contributed by atoms with Crippen LogP contribution in [-0.4, -0.2) is 79.8 Å². The van der Waals surface area contributed by atoms with Gasteiger partial charge in [0.1, 0.15) is 19.3 Å². The molecule has 2 amide bonds. The smallest absolute Gasteiger partial charge is 0.249 e. The van der Waals surface area contributed by atoms with E-state index < -0.39 is 6.04 Å². The number of nitrogens with one attached hydrogen (secondary N) is 2. The summed E-state index contributed by atoms with van der Waals surface area (Å²) in [4.78, 5) is 34.3. The molecule has 2 N–H and O–H groups in total. The zero-order chi connectivity index (χ0) is 24.5. The number of carbonyl (C=O) groups excluding carboxylic acids is 2. The fraction of sp³-hybridized carbons (Fsp3) is 0.400. The molecule has 2 aromatic rings. The summed E-state index contributed by atoms with van der Waals surface area (Å²) in [6.45, 7) is 5.02. The second-order valence-electron chi connectivity index (χ2n) is 9.02. The van der Waals surface area contributed by atoms with Crippen molar-refractivity contribution in [1.29, 1.82) is 0 Å². The Labute approximate surface area is 208 Å². The van der Waals surface area contributed by atoms with E-state index >= 15 is 0 Å². The number of anilines is 1. The average Bonchev–Trinajstić information content (AvgIpc) is 3.37. The molecule has 1 unspecified atom stereocenters. The first kappa shape index (κ1) is 22.5. The van der Waals surface area contributed by atoms with E-state index in [0.29, 0.717) is 49.4 Å². The first-order valence-electron chi connectivity index (χ1n) is 12.0.